The summed E-state index contributed by atoms with van der Waals surface area (Å²) in [5, 5.41) is 14.5. The van der Waals surface area contributed by atoms with E-state index in [1.54, 1.807) is 12.1 Å². The second kappa shape index (κ2) is 7.61. The fourth-order valence-electron chi connectivity index (χ4n) is 3.01. The van der Waals surface area contributed by atoms with Gasteiger partial charge in [0.05, 0.1) is 23.4 Å². The van der Waals surface area contributed by atoms with E-state index in [4.69, 9.17) is 16.3 Å². The third-order valence-electron chi connectivity index (χ3n) is 4.29. The summed E-state index contributed by atoms with van der Waals surface area (Å²) in [4.78, 5) is 25.4. The second-order valence-electron chi connectivity index (χ2n) is 5.95. The van der Waals surface area contributed by atoms with Gasteiger partial charge in [0.2, 0.25) is 0 Å². The van der Waals surface area contributed by atoms with Gasteiger partial charge in [-0.2, -0.15) is 0 Å². The van der Waals surface area contributed by atoms with Gasteiger partial charge >= 0.3 is 5.69 Å². The zero-order valence-corrected chi connectivity index (χ0v) is 15.0. The molecule has 8 heteroatoms. The van der Waals surface area contributed by atoms with Gasteiger partial charge < -0.3 is 15.0 Å². The van der Waals surface area contributed by atoms with Crippen molar-refractivity contribution in [3.8, 4) is 5.75 Å². The number of hydrogen-bond donors (Lipinski definition) is 1. The predicted molar refractivity (Wildman–Crippen MR) is 101 cm³/mol. The summed E-state index contributed by atoms with van der Waals surface area (Å²) in [7, 11) is 1.34. The van der Waals surface area contributed by atoms with E-state index in [2.05, 4.69) is 10.2 Å². The van der Waals surface area contributed by atoms with Crippen molar-refractivity contribution in [2.75, 3.05) is 30.4 Å². The Bertz CT molecular complexity index is 850. The van der Waals surface area contributed by atoms with Crippen molar-refractivity contribution in [1.82, 2.24) is 0 Å². The summed E-state index contributed by atoms with van der Waals surface area (Å²) in [6, 6.07) is 9.44. The highest BCUT2D eigenvalue weighted by molar-refractivity contribution is 6.31. The molecule has 1 fully saturated rings. The molecule has 0 saturated carbocycles. The first kappa shape index (κ1) is 18.0. The molecule has 3 rings (SSSR count). The van der Waals surface area contributed by atoms with Gasteiger partial charge in [-0.05, 0) is 43.2 Å². The molecule has 7 nitrogen and oxygen atoms in total. The van der Waals surface area contributed by atoms with E-state index in [0.717, 1.165) is 31.6 Å². The van der Waals surface area contributed by atoms with Gasteiger partial charge in [0, 0.05) is 29.7 Å². The number of benzene rings is 2. The Hall–Kier alpha value is -2.80. The molecule has 136 valence electrons. The topological polar surface area (TPSA) is 84.7 Å². The van der Waals surface area contributed by atoms with Gasteiger partial charge in [-0.1, -0.05) is 11.6 Å². The van der Waals surface area contributed by atoms with Gasteiger partial charge in [0.15, 0.2) is 5.75 Å². The Morgan fingerprint density at radius 1 is 1.23 bits per heavy atom. The first-order chi connectivity index (χ1) is 12.5. The maximum atomic E-state index is 12.6. The maximum Gasteiger partial charge on any atom is 0.311 e. The summed E-state index contributed by atoms with van der Waals surface area (Å²) >= 11 is 6.08. The number of methoxy groups -OCH3 is 1. The van der Waals surface area contributed by atoms with Crippen molar-refractivity contribution in [3.63, 3.8) is 0 Å². The van der Waals surface area contributed by atoms with E-state index in [-0.39, 0.29) is 17.0 Å². The predicted octanol–water partition coefficient (Wildman–Crippen LogP) is 4.11. The normalized spacial score (nSPS) is 13.5. The molecule has 0 atom stereocenters. The number of nitro groups is 1. The molecular weight excluding hydrogens is 358 g/mol. The quantitative estimate of drug-likeness (QED) is 0.628. The second-order valence-corrected chi connectivity index (χ2v) is 6.39. The standard InChI is InChI=1S/C18H18ClN3O4/c1-26-17-7-4-12(10-16(17)22(24)25)18(23)20-14-11-13(19)5-6-15(14)21-8-2-3-9-21/h4-7,10-11H,2-3,8-9H2,1H3,(H,20,23). The number of ether oxygens (including phenoxy) is 1. The fourth-order valence-corrected chi connectivity index (χ4v) is 3.18. The third-order valence-corrected chi connectivity index (χ3v) is 4.53. The number of nitrogens with one attached hydrogen (secondary N) is 1. The molecule has 0 aliphatic carbocycles. The van der Waals surface area contributed by atoms with Crippen LogP contribution in [0.4, 0.5) is 17.1 Å². The van der Waals surface area contributed by atoms with Crippen LogP contribution in [0.3, 0.4) is 0 Å². The lowest BCUT2D eigenvalue weighted by Crippen LogP contribution is -2.21. The van der Waals surface area contributed by atoms with Crippen LogP contribution in [0.1, 0.15) is 23.2 Å². The van der Waals surface area contributed by atoms with Crippen molar-refractivity contribution in [2.24, 2.45) is 0 Å². The Kier molecular flexibility index (Phi) is 5.27. The molecule has 1 saturated heterocycles. The highest BCUT2D eigenvalue weighted by Gasteiger charge is 2.21. The molecule has 1 aliphatic heterocycles. The zero-order chi connectivity index (χ0) is 18.7. The van der Waals surface area contributed by atoms with Crippen molar-refractivity contribution in [1.29, 1.82) is 0 Å². The number of anilines is 2. The number of carbonyl (C=O) groups is 1. The average molecular weight is 376 g/mol. The van der Waals surface area contributed by atoms with Crippen LogP contribution < -0.4 is 15.0 Å². The van der Waals surface area contributed by atoms with E-state index in [9.17, 15) is 14.9 Å². The summed E-state index contributed by atoms with van der Waals surface area (Å²) in [5.74, 6) is -0.342. The van der Waals surface area contributed by atoms with Crippen LogP contribution in [-0.4, -0.2) is 31.0 Å². The van der Waals surface area contributed by atoms with Crippen LogP contribution in [0.2, 0.25) is 5.02 Å². The van der Waals surface area contributed by atoms with E-state index >= 15 is 0 Å². The SMILES string of the molecule is COc1ccc(C(=O)Nc2cc(Cl)ccc2N2CCCC2)cc1[N+](=O)[O-]. The smallest absolute Gasteiger partial charge is 0.311 e. The molecule has 0 radical (unpaired) electrons. The Labute approximate surface area is 155 Å². The molecule has 0 spiro atoms. The number of amides is 1. The molecule has 26 heavy (non-hydrogen) atoms. The maximum absolute atomic E-state index is 12.6. The van der Waals surface area contributed by atoms with Gasteiger partial charge in [0.1, 0.15) is 0 Å². The molecule has 2 aromatic rings. The highest BCUT2D eigenvalue weighted by Crippen LogP contribution is 2.33. The number of carbonyl (C=O) groups excluding carboxylic acids is 1. The van der Waals surface area contributed by atoms with Gasteiger partial charge in [-0.3, -0.25) is 14.9 Å². The van der Waals surface area contributed by atoms with Crippen LogP contribution in [0.25, 0.3) is 0 Å². The number of halogens is 1. The van der Waals surface area contributed by atoms with Crippen molar-refractivity contribution in [2.45, 2.75) is 12.8 Å². The summed E-state index contributed by atoms with van der Waals surface area (Å²) in [5.41, 5.74) is 1.39. The van der Waals surface area contributed by atoms with Crippen molar-refractivity contribution >= 4 is 34.6 Å². The molecule has 0 unspecified atom stereocenters. The molecule has 2 aromatic carbocycles. The minimum atomic E-state index is -0.579. The van der Waals surface area contributed by atoms with Crippen LogP contribution >= 0.6 is 11.6 Å². The van der Waals surface area contributed by atoms with E-state index in [0.29, 0.717) is 10.7 Å². The average Bonchev–Trinajstić information content (AvgIpc) is 3.15. The van der Waals surface area contributed by atoms with E-state index in [1.165, 1.54) is 25.3 Å². The largest absolute Gasteiger partial charge is 0.490 e. The fraction of sp³-hybridized carbons (Fsp3) is 0.278. The van der Waals surface area contributed by atoms with Crippen molar-refractivity contribution in [3.05, 3.63) is 57.1 Å². The van der Waals surface area contributed by atoms with Crippen molar-refractivity contribution < 1.29 is 14.5 Å². The minimum absolute atomic E-state index is 0.104. The van der Waals surface area contributed by atoms with Crippen LogP contribution in [0, 0.1) is 10.1 Å². The Balaban J connectivity index is 1.89. The lowest BCUT2D eigenvalue weighted by molar-refractivity contribution is -0.385. The summed E-state index contributed by atoms with van der Waals surface area (Å²) in [6.45, 7) is 1.83. The number of nitro benzene ring substituents is 1. The highest BCUT2D eigenvalue weighted by atomic mass is 35.5. The van der Waals surface area contributed by atoms with Crippen LogP contribution in [-0.2, 0) is 0 Å². The summed E-state index contributed by atoms with van der Waals surface area (Å²) < 4.78 is 4.96. The van der Waals surface area contributed by atoms with Gasteiger partial charge in [-0.25, -0.2) is 0 Å². The molecule has 0 aromatic heterocycles. The van der Waals surface area contributed by atoms with E-state index in [1.807, 2.05) is 6.07 Å². The van der Waals surface area contributed by atoms with Gasteiger partial charge in [-0.15, -0.1) is 0 Å². The Morgan fingerprint density at radius 2 is 1.96 bits per heavy atom. The monoisotopic (exact) mass is 375 g/mol. The van der Waals surface area contributed by atoms with Crippen LogP contribution in [0.15, 0.2) is 36.4 Å². The Morgan fingerprint density at radius 3 is 2.62 bits per heavy atom. The van der Waals surface area contributed by atoms with E-state index < -0.39 is 10.8 Å². The molecule has 0 bridgehead atoms. The lowest BCUT2D eigenvalue weighted by atomic mass is 10.1. The molecule has 1 heterocycles. The molecule has 1 N–H and O–H groups in total. The first-order valence-corrected chi connectivity index (χ1v) is 8.55. The lowest BCUT2D eigenvalue weighted by Gasteiger charge is -2.22. The first-order valence-electron chi connectivity index (χ1n) is 8.18. The summed E-state index contributed by atoms with van der Waals surface area (Å²) in [6.07, 6.45) is 2.20. The molecule has 1 aliphatic rings. The van der Waals surface area contributed by atoms with Crippen LogP contribution in [0.5, 0.6) is 5.75 Å². The number of hydrogen-bond acceptors (Lipinski definition) is 5. The number of nitrogens with zero attached hydrogens (tertiary/aromatic N) is 2. The zero-order valence-electron chi connectivity index (χ0n) is 14.2. The molecular formula is C18H18ClN3O4. The minimum Gasteiger partial charge on any atom is -0.490 e. The third kappa shape index (κ3) is 3.72. The number of rotatable bonds is 5. The molecule has 1 amide bonds. The van der Waals surface area contributed by atoms with Gasteiger partial charge in [0.25, 0.3) is 5.91 Å².